The average molecular weight is 220 g/mol. The molecule has 4 nitrogen and oxygen atoms in total. The molecule has 0 aliphatic carbocycles. The third kappa shape index (κ3) is 0.720. The van der Waals surface area contributed by atoms with Crippen molar-refractivity contribution in [2.75, 3.05) is 0 Å². The monoisotopic (exact) mass is 220 g/mol. The number of hydrogen-bond acceptors (Lipinski definition) is 4. The molecule has 0 fully saturated rings. The smallest absolute Gasteiger partial charge is 0.350 e. The number of esters is 2. The van der Waals surface area contributed by atoms with Gasteiger partial charge in [0.05, 0.1) is 0 Å². The molecular weight excluding hydrogens is 208 g/mol. The molecule has 3 heterocycles. The first-order valence-electron chi connectivity index (χ1n) is 5.22. The van der Waals surface area contributed by atoms with Crippen LogP contribution in [0.1, 0.15) is 59.9 Å². The molecule has 0 unspecified atom stereocenters. The minimum absolute atomic E-state index is 0.287. The van der Waals surface area contributed by atoms with Crippen LogP contribution in [-0.2, 0) is 15.6 Å². The van der Waals surface area contributed by atoms with E-state index in [1.54, 1.807) is 0 Å². The first kappa shape index (κ1) is 9.63. The number of cyclic esters (lactones) is 2. The van der Waals surface area contributed by atoms with Crippen LogP contribution in [0, 0.1) is 0 Å². The van der Waals surface area contributed by atoms with Crippen LogP contribution in [0.5, 0.6) is 0 Å². The van der Waals surface area contributed by atoms with E-state index in [2.05, 4.69) is 4.74 Å². The van der Waals surface area contributed by atoms with E-state index in [0.717, 1.165) is 0 Å². The first-order valence-corrected chi connectivity index (χ1v) is 5.22. The maximum absolute atomic E-state index is 11.5. The van der Waals surface area contributed by atoms with Gasteiger partial charge >= 0.3 is 11.9 Å². The maximum atomic E-state index is 11.5. The van der Waals surface area contributed by atoms with Crippen molar-refractivity contribution >= 4 is 11.9 Å². The van der Waals surface area contributed by atoms with Crippen LogP contribution >= 0.6 is 0 Å². The highest BCUT2D eigenvalue weighted by atomic mass is 16.6. The van der Waals surface area contributed by atoms with Crippen LogP contribution in [-0.4, -0.2) is 11.9 Å². The third-order valence-corrected chi connectivity index (χ3v) is 4.20. The maximum Gasteiger partial charge on any atom is 0.350 e. The summed E-state index contributed by atoms with van der Waals surface area (Å²) in [6.07, 6.45) is 0. The quantitative estimate of drug-likeness (QED) is 0.496. The first-order chi connectivity index (χ1) is 7.28. The molecule has 1 aromatic rings. The van der Waals surface area contributed by atoms with Crippen LogP contribution in [0.15, 0.2) is 4.42 Å². The molecule has 2 bridgehead atoms. The van der Waals surface area contributed by atoms with Crippen LogP contribution in [0.3, 0.4) is 0 Å². The number of ether oxygens (including phenoxy) is 1. The Labute approximate surface area is 92.6 Å². The highest BCUT2D eigenvalue weighted by Crippen LogP contribution is 2.56. The second-order valence-electron chi connectivity index (χ2n) is 5.44. The van der Waals surface area contributed by atoms with E-state index in [0.29, 0.717) is 22.6 Å². The Morgan fingerprint density at radius 2 is 1.19 bits per heavy atom. The Bertz CT molecular complexity index is 499. The van der Waals surface area contributed by atoms with Gasteiger partial charge in [-0.3, -0.25) is 0 Å². The molecule has 0 saturated heterocycles. The van der Waals surface area contributed by atoms with Gasteiger partial charge in [-0.15, -0.1) is 0 Å². The van der Waals surface area contributed by atoms with E-state index in [1.807, 2.05) is 27.7 Å². The fourth-order valence-electron chi connectivity index (χ4n) is 2.45. The van der Waals surface area contributed by atoms with E-state index >= 15 is 0 Å². The molecule has 1 aromatic heterocycles. The number of furan rings is 1. The van der Waals surface area contributed by atoms with Gasteiger partial charge in [0.1, 0.15) is 22.6 Å². The van der Waals surface area contributed by atoms with Gasteiger partial charge in [-0.2, -0.15) is 0 Å². The molecule has 0 saturated carbocycles. The zero-order chi connectivity index (χ0) is 11.9. The van der Waals surface area contributed by atoms with E-state index in [9.17, 15) is 9.59 Å². The van der Waals surface area contributed by atoms with Crippen molar-refractivity contribution in [1.29, 1.82) is 0 Å². The molecule has 0 amide bonds. The molecule has 16 heavy (non-hydrogen) atoms. The lowest BCUT2D eigenvalue weighted by molar-refractivity contribution is 0.0439. The number of fused-ring (bicyclic) bond motifs is 5. The lowest BCUT2D eigenvalue weighted by Crippen LogP contribution is -2.39. The summed E-state index contributed by atoms with van der Waals surface area (Å²) in [7, 11) is 0. The molecule has 0 aromatic carbocycles. The molecule has 0 spiro atoms. The van der Waals surface area contributed by atoms with Gasteiger partial charge in [0.15, 0.2) is 0 Å². The lowest BCUT2D eigenvalue weighted by atomic mass is 9.62. The van der Waals surface area contributed by atoms with Crippen molar-refractivity contribution in [3.8, 4) is 0 Å². The Hall–Kier alpha value is -1.58. The molecule has 2 aliphatic rings. The standard InChI is InChI=1S/C12H12O4/c1-11(2)7-5-6(10(14)16-9(5)13)8(15-7)12(11,3)4/h1-4H3. The zero-order valence-electron chi connectivity index (χ0n) is 9.63. The second-order valence-corrected chi connectivity index (χ2v) is 5.44. The van der Waals surface area contributed by atoms with Gasteiger partial charge in [-0.05, 0) is 0 Å². The minimum atomic E-state index is -0.575. The SMILES string of the molecule is CC1(C)c2oc(c3c2C(=O)OC3=O)C1(C)C. The molecule has 4 heteroatoms. The van der Waals surface area contributed by atoms with Crippen molar-refractivity contribution in [2.24, 2.45) is 0 Å². The largest absolute Gasteiger partial charge is 0.463 e. The predicted molar refractivity (Wildman–Crippen MR) is 54.5 cm³/mol. The summed E-state index contributed by atoms with van der Waals surface area (Å²) >= 11 is 0. The predicted octanol–water partition coefficient (Wildman–Crippen LogP) is 2.16. The third-order valence-electron chi connectivity index (χ3n) is 4.20. The Kier molecular flexibility index (Phi) is 1.35. The molecular formula is C12H12O4. The number of rotatable bonds is 0. The second kappa shape index (κ2) is 2.24. The number of hydrogen-bond donors (Lipinski definition) is 0. The van der Waals surface area contributed by atoms with Gasteiger partial charge in [-0.1, -0.05) is 27.7 Å². The number of carbonyl (C=O) groups is 2. The Balaban J connectivity index is 2.40. The van der Waals surface area contributed by atoms with Crippen molar-refractivity contribution < 1.29 is 18.7 Å². The van der Waals surface area contributed by atoms with Crippen LogP contribution in [0.2, 0.25) is 0 Å². The van der Waals surface area contributed by atoms with Gasteiger partial charge in [0.25, 0.3) is 0 Å². The van der Waals surface area contributed by atoms with E-state index < -0.39 is 11.9 Å². The molecule has 0 atom stereocenters. The Morgan fingerprint density at radius 1 is 0.812 bits per heavy atom. The van der Waals surface area contributed by atoms with Gasteiger partial charge in [0.2, 0.25) is 0 Å². The summed E-state index contributed by atoms with van der Waals surface area (Å²) in [5, 5.41) is 0. The summed E-state index contributed by atoms with van der Waals surface area (Å²) in [6, 6.07) is 0. The molecule has 2 aliphatic heterocycles. The summed E-state index contributed by atoms with van der Waals surface area (Å²) in [5.74, 6) is 0.0128. The van der Waals surface area contributed by atoms with Gasteiger partial charge < -0.3 is 9.15 Å². The molecule has 0 N–H and O–H groups in total. The highest BCUT2D eigenvalue weighted by Gasteiger charge is 2.59. The van der Waals surface area contributed by atoms with Crippen molar-refractivity contribution in [1.82, 2.24) is 0 Å². The lowest BCUT2D eigenvalue weighted by Gasteiger charge is -2.35. The molecule has 0 radical (unpaired) electrons. The van der Waals surface area contributed by atoms with Crippen LogP contribution in [0.4, 0.5) is 0 Å². The van der Waals surface area contributed by atoms with Crippen molar-refractivity contribution in [3.63, 3.8) is 0 Å². The zero-order valence-corrected chi connectivity index (χ0v) is 9.63. The summed E-state index contributed by atoms with van der Waals surface area (Å²) in [4.78, 5) is 23.1. The fraction of sp³-hybridized carbons (Fsp3) is 0.500. The summed E-state index contributed by atoms with van der Waals surface area (Å²) in [5.41, 5.74) is 0.101. The summed E-state index contributed by atoms with van der Waals surface area (Å²) < 4.78 is 10.3. The normalized spacial score (nSPS) is 23.5. The van der Waals surface area contributed by atoms with E-state index in [1.165, 1.54) is 0 Å². The highest BCUT2D eigenvalue weighted by molar-refractivity contribution is 6.16. The van der Waals surface area contributed by atoms with Crippen molar-refractivity contribution in [3.05, 3.63) is 22.6 Å². The molecule has 3 rings (SSSR count). The average Bonchev–Trinajstić information content (AvgIpc) is 2.70. The fourth-order valence-corrected chi connectivity index (χ4v) is 2.45. The molecule has 84 valence electrons. The van der Waals surface area contributed by atoms with Gasteiger partial charge in [-0.25, -0.2) is 9.59 Å². The van der Waals surface area contributed by atoms with Crippen LogP contribution in [0.25, 0.3) is 0 Å². The minimum Gasteiger partial charge on any atom is -0.463 e. The summed E-state index contributed by atoms with van der Waals surface area (Å²) in [6.45, 7) is 8.04. The Morgan fingerprint density at radius 3 is 1.56 bits per heavy atom. The van der Waals surface area contributed by atoms with E-state index in [4.69, 9.17) is 4.42 Å². The van der Waals surface area contributed by atoms with Crippen molar-refractivity contribution in [2.45, 2.75) is 38.5 Å². The number of carbonyl (C=O) groups excluding carboxylic acids is 2. The topological polar surface area (TPSA) is 56.5 Å². The van der Waals surface area contributed by atoms with Crippen LogP contribution < -0.4 is 0 Å². The van der Waals surface area contributed by atoms with E-state index in [-0.39, 0.29) is 10.8 Å². The van der Waals surface area contributed by atoms with Gasteiger partial charge in [0, 0.05) is 10.8 Å².